The van der Waals surface area contributed by atoms with Crippen LogP contribution in [0, 0.1) is 11.3 Å². The first-order valence-corrected chi connectivity index (χ1v) is 11.2. The smallest absolute Gasteiger partial charge is 0.0506 e. The largest absolute Gasteiger partial charge is 0.549 e. The van der Waals surface area contributed by atoms with Crippen molar-refractivity contribution in [2.24, 2.45) is 11.3 Å². The van der Waals surface area contributed by atoms with Gasteiger partial charge in [-0.1, -0.05) is 117 Å². The number of carbonyl (C=O) groups excluding carboxylic acids is 2. The molecule has 0 aliphatic carbocycles. The first-order chi connectivity index (χ1) is 12.8. The van der Waals surface area contributed by atoms with Crippen LogP contribution >= 0.6 is 0 Å². The molecule has 0 saturated carbocycles. The quantitative estimate of drug-likeness (QED) is 0.245. The van der Waals surface area contributed by atoms with Gasteiger partial charge in [0.1, 0.15) is 0 Å². The third-order valence-electron chi connectivity index (χ3n) is 5.68. The average Bonchev–Trinajstić information content (AvgIpc) is 2.57. The number of aliphatic carboxylic acids is 2. The predicted octanol–water partition coefficient (Wildman–Crippen LogP) is 4.39. The summed E-state index contributed by atoms with van der Waals surface area (Å²) < 4.78 is 0. The highest BCUT2D eigenvalue weighted by atomic mass is 16.4. The molecule has 0 spiro atoms. The van der Waals surface area contributed by atoms with Crippen LogP contribution in [0.2, 0.25) is 0 Å². The Morgan fingerprint density at radius 3 is 1.22 bits per heavy atom. The van der Waals surface area contributed by atoms with Gasteiger partial charge in [0, 0.05) is 5.92 Å². The van der Waals surface area contributed by atoms with E-state index < -0.39 is 23.3 Å². The van der Waals surface area contributed by atoms with Gasteiger partial charge in [-0.25, -0.2) is 0 Å². The summed E-state index contributed by atoms with van der Waals surface area (Å²) in [5.41, 5.74) is -0.825. The SMILES string of the molecule is CCCCCCCCCCCCCCCCCC(C)(C)C(C(=O)[O-])C(=O)[O-]. The van der Waals surface area contributed by atoms with Crippen molar-refractivity contribution in [2.75, 3.05) is 0 Å². The summed E-state index contributed by atoms with van der Waals surface area (Å²) >= 11 is 0. The zero-order chi connectivity index (χ0) is 20.5. The van der Waals surface area contributed by atoms with Crippen LogP contribution in [0.4, 0.5) is 0 Å². The monoisotopic (exact) mass is 382 g/mol. The lowest BCUT2D eigenvalue weighted by Gasteiger charge is -2.35. The van der Waals surface area contributed by atoms with E-state index in [1.807, 2.05) is 0 Å². The van der Waals surface area contributed by atoms with E-state index in [9.17, 15) is 19.8 Å². The van der Waals surface area contributed by atoms with Crippen molar-refractivity contribution in [1.82, 2.24) is 0 Å². The third-order valence-corrected chi connectivity index (χ3v) is 5.68. The summed E-state index contributed by atoms with van der Waals surface area (Å²) in [6, 6.07) is 0. The Labute approximate surface area is 167 Å². The van der Waals surface area contributed by atoms with Crippen LogP contribution in [0.5, 0.6) is 0 Å². The molecule has 0 aliphatic heterocycles. The minimum absolute atomic E-state index is 0.567. The molecule has 0 heterocycles. The van der Waals surface area contributed by atoms with Crippen LogP contribution in [0.1, 0.15) is 124 Å². The fourth-order valence-corrected chi connectivity index (χ4v) is 3.83. The second-order valence-electron chi connectivity index (χ2n) is 8.76. The normalized spacial score (nSPS) is 11.9. The van der Waals surface area contributed by atoms with Crippen molar-refractivity contribution in [1.29, 1.82) is 0 Å². The molecule has 0 rings (SSSR count). The van der Waals surface area contributed by atoms with Crippen LogP contribution < -0.4 is 10.2 Å². The van der Waals surface area contributed by atoms with Crippen molar-refractivity contribution >= 4 is 11.9 Å². The van der Waals surface area contributed by atoms with Crippen LogP contribution in [0.3, 0.4) is 0 Å². The molecular formula is C23H42O4-2. The van der Waals surface area contributed by atoms with Gasteiger partial charge in [0.25, 0.3) is 0 Å². The van der Waals surface area contributed by atoms with Gasteiger partial charge < -0.3 is 19.8 Å². The van der Waals surface area contributed by atoms with E-state index in [2.05, 4.69) is 6.92 Å². The third kappa shape index (κ3) is 13.7. The summed E-state index contributed by atoms with van der Waals surface area (Å²) in [6.07, 6.45) is 19.7. The van der Waals surface area contributed by atoms with Crippen molar-refractivity contribution in [3.63, 3.8) is 0 Å². The zero-order valence-electron chi connectivity index (χ0n) is 18.0. The molecule has 0 aromatic heterocycles. The molecule has 0 atom stereocenters. The standard InChI is InChI=1S/C23H44O4/c1-4-5-6-7-8-9-10-11-12-13-14-15-16-17-18-19-23(2,3)20(21(24)25)22(26)27/h20H,4-19H2,1-3H3,(H,24,25)(H,26,27)/p-2. The van der Waals surface area contributed by atoms with Gasteiger partial charge in [0.05, 0.1) is 11.9 Å². The summed E-state index contributed by atoms with van der Waals surface area (Å²) in [7, 11) is 0. The molecule has 0 saturated heterocycles. The van der Waals surface area contributed by atoms with E-state index in [1.165, 1.54) is 77.0 Å². The number of carboxylic acid groups (broad SMARTS) is 2. The Bertz CT molecular complexity index is 376. The number of rotatable bonds is 19. The maximum Gasteiger partial charge on any atom is 0.0506 e. The van der Waals surface area contributed by atoms with E-state index in [0.717, 1.165) is 19.3 Å². The van der Waals surface area contributed by atoms with E-state index >= 15 is 0 Å². The van der Waals surface area contributed by atoms with Crippen LogP contribution in [0.15, 0.2) is 0 Å². The second kappa shape index (κ2) is 15.9. The van der Waals surface area contributed by atoms with E-state index in [-0.39, 0.29) is 0 Å². The van der Waals surface area contributed by atoms with Gasteiger partial charge in [-0.2, -0.15) is 0 Å². The van der Waals surface area contributed by atoms with Crippen LogP contribution in [-0.4, -0.2) is 11.9 Å². The fourth-order valence-electron chi connectivity index (χ4n) is 3.83. The molecule has 4 heteroatoms. The fraction of sp³-hybridized carbons (Fsp3) is 0.913. The molecule has 0 N–H and O–H groups in total. The molecule has 0 bridgehead atoms. The summed E-state index contributed by atoms with van der Waals surface area (Å²) in [5, 5.41) is 22.0. The number of carboxylic acids is 2. The van der Waals surface area contributed by atoms with Gasteiger partial charge in [-0.3, -0.25) is 0 Å². The molecule has 0 fully saturated rings. The summed E-state index contributed by atoms with van der Waals surface area (Å²) in [4.78, 5) is 22.0. The minimum Gasteiger partial charge on any atom is -0.549 e. The summed E-state index contributed by atoms with van der Waals surface area (Å²) in [5.74, 6) is -4.62. The highest BCUT2D eigenvalue weighted by Crippen LogP contribution is 2.32. The zero-order valence-corrected chi connectivity index (χ0v) is 18.0. The minimum atomic E-state index is -1.54. The van der Waals surface area contributed by atoms with Crippen LogP contribution in [-0.2, 0) is 9.59 Å². The predicted molar refractivity (Wildman–Crippen MR) is 107 cm³/mol. The molecular weight excluding hydrogens is 340 g/mol. The average molecular weight is 383 g/mol. The molecule has 0 radical (unpaired) electrons. The Hall–Kier alpha value is -1.06. The number of carbonyl (C=O) groups is 2. The van der Waals surface area contributed by atoms with E-state index in [0.29, 0.717) is 6.42 Å². The molecule has 0 aromatic rings. The maximum absolute atomic E-state index is 11.0. The van der Waals surface area contributed by atoms with Gasteiger partial charge >= 0.3 is 0 Å². The number of unbranched alkanes of at least 4 members (excludes halogenated alkanes) is 14. The maximum atomic E-state index is 11.0. The van der Waals surface area contributed by atoms with Crippen molar-refractivity contribution in [2.45, 2.75) is 124 Å². The molecule has 27 heavy (non-hydrogen) atoms. The van der Waals surface area contributed by atoms with Crippen LogP contribution in [0.25, 0.3) is 0 Å². The van der Waals surface area contributed by atoms with Gasteiger partial charge in [-0.15, -0.1) is 0 Å². The lowest BCUT2D eigenvalue weighted by atomic mass is 9.75. The number of hydrogen-bond acceptors (Lipinski definition) is 4. The van der Waals surface area contributed by atoms with Gasteiger partial charge in [-0.05, 0) is 11.8 Å². The molecule has 0 unspecified atom stereocenters. The topological polar surface area (TPSA) is 80.3 Å². The van der Waals surface area contributed by atoms with Gasteiger partial charge in [0.15, 0.2) is 0 Å². The first-order valence-electron chi connectivity index (χ1n) is 11.2. The Morgan fingerprint density at radius 1 is 0.630 bits per heavy atom. The summed E-state index contributed by atoms with van der Waals surface area (Å²) in [6.45, 7) is 5.60. The lowest BCUT2D eigenvalue weighted by Crippen LogP contribution is -2.50. The Kier molecular flexibility index (Phi) is 15.3. The second-order valence-corrected chi connectivity index (χ2v) is 8.76. The molecule has 0 aliphatic rings. The van der Waals surface area contributed by atoms with E-state index in [1.54, 1.807) is 13.8 Å². The first kappa shape index (κ1) is 25.9. The van der Waals surface area contributed by atoms with Gasteiger partial charge in [0.2, 0.25) is 0 Å². The highest BCUT2D eigenvalue weighted by molar-refractivity contribution is 5.91. The molecule has 160 valence electrons. The Balaban J connectivity index is 3.52. The lowest BCUT2D eigenvalue weighted by molar-refractivity contribution is -0.336. The van der Waals surface area contributed by atoms with E-state index in [4.69, 9.17) is 0 Å². The van der Waals surface area contributed by atoms with Crippen molar-refractivity contribution in [3.05, 3.63) is 0 Å². The highest BCUT2D eigenvalue weighted by Gasteiger charge is 2.31. The van der Waals surface area contributed by atoms with Crippen molar-refractivity contribution in [3.8, 4) is 0 Å². The number of hydrogen-bond donors (Lipinski definition) is 0. The molecule has 4 nitrogen and oxygen atoms in total. The van der Waals surface area contributed by atoms with Crippen molar-refractivity contribution < 1.29 is 19.8 Å². The molecule has 0 amide bonds. The molecule has 0 aromatic carbocycles. The Morgan fingerprint density at radius 2 is 0.926 bits per heavy atom.